The molecule has 208 valence electrons. The lowest BCUT2D eigenvalue weighted by Crippen LogP contribution is -2.25. The molecule has 0 radical (unpaired) electrons. The molecule has 0 saturated carbocycles. The van der Waals surface area contributed by atoms with Crippen molar-refractivity contribution in [1.82, 2.24) is 16.0 Å². The lowest BCUT2D eigenvalue weighted by atomic mass is 10.1. The lowest BCUT2D eigenvalue weighted by Gasteiger charge is -2.15. The minimum absolute atomic E-state index is 0.407. The highest BCUT2D eigenvalue weighted by Gasteiger charge is 2.17. The molecule has 0 atom stereocenters. The van der Waals surface area contributed by atoms with E-state index >= 15 is 0 Å². The Hall–Kier alpha value is -5.39. The summed E-state index contributed by atoms with van der Waals surface area (Å²) in [6.07, 6.45) is 0. The van der Waals surface area contributed by atoms with Gasteiger partial charge in [0, 0.05) is 53.4 Å². The molecule has 0 aromatic heterocycles. The largest absolute Gasteiger partial charge is 0.368 e. The van der Waals surface area contributed by atoms with E-state index in [1.54, 1.807) is 12.1 Å². The van der Waals surface area contributed by atoms with Crippen LogP contribution in [-0.2, 0) is 0 Å². The van der Waals surface area contributed by atoms with Gasteiger partial charge < -0.3 is 37.2 Å². The van der Waals surface area contributed by atoms with Crippen molar-refractivity contribution in [3.8, 4) is 0 Å². The fourth-order valence-corrected chi connectivity index (χ4v) is 4.69. The maximum Gasteiger partial charge on any atom is 0.323 e. The van der Waals surface area contributed by atoms with E-state index < -0.39 is 12.1 Å². The molecule has 6 rings (SSSR count). The zero-order chi connectivity index (χ0) is 28.0. The number of hydrogen-bond donors (Lipinski definition) is 7. The molecule has 12 nitrogen and oxygen atoms in total. The highest BCUT2D eigenvalue weighted by molar-refractivity contribution is 6.10. The van der Waals surface area contributed by atoms with Crippen molar-refractivity contribution < 1.29 is 9.59 Å². The average molecular weight is 551 g/mol. The van der Waals surface area contributed by atoms with Crippen LogP contribution in [0.15, 0.2) is 81.7 Å². The molecule has 0 saturated heterocycles. The van der Waals surface area contributed by atoms with Crippen LogP contribution < -0.4 is 37.2 Å². The number of nitrogens with zero attached hydrogens (tertiary/aromatic N) is 3. The van der Waals surface area contributed by atoms with Gasteiger partial charge in [-0.1, -0.05) is 0 Å². The zero-order valence-electron chi connectivity index (χ0n) is 22.3. The van der Waals surface area contributed by atoms with Crippen LogP contribution in [0.3, 0.4) is 0 Å². The first-order valence-electron chi connectivity index (χ1n) is 13.5. The maximum absolute atomic E-state index is 13.0. The van der Waals surface area contributed by atoms with Gasteiger partial charge in [-0.25, -0.2) is 9.59 Å². The van der Waals surface area contributed by atoms with Gasteiger partial charge in [0.25, 0.3) is 0 Å². The van der Waals surface area contributed by atoms with E-state index in [1.165, 1.54) is 0 Å². The quantitative estimate of drug-likeness (QED) is 0.241. The summed E-state index contributed by atoms with van der Waals surface area (Å²) >= 11 is 0. The standard InChI is InChI=1S/C29H30N10O2/c40-28(36-20-5-1-18(2-6-20)25-30-11-12-31-25)38-22-9-10-23(27-34-15-16-35-27)24(17-22)39-29(41)37-21-7-3-19(4-8-21)26-32-13-14-33-26/h1-10,17H,11-16H2,(H,30,31)(H,32,33)(H,34,35)(H2,36,38,40)(H2,37,39,41). The van der Waals surface area contributed by atoms with Crippen LogP contribution in [0, 0.1) is 0 Å². The number of nitrogens with one attached hydrogen (secondary N) is 7. The molecular weight excluding hydrogens is 520 g/mol. The lowest BCUT2D eigenvalue weighted by molar-refractivity contribution is 0.261. The third-order valence-corrected chi connectivity index (χ3v) is 6.64. The summed E-state index contributed by atoms with van der Waals surface area (Å²) in [6.45, 7) is 4.56. The normalized spacial score (nSPS) is 15.5. The topological polar surface area (TPSA) is 155 Å². The third-order valence-electron chi connectivity index (χ3n) is 6.64. The average Bonchev–Trinajstić information content (AvgIpc) is 3.78. The number of hydrogen-bond acceptors (Lipinski definition) is 8. The van der Waals surface area contributed by atoms with Crippen LogP contribution >= 0.6 is 0 Å². The molecule has 3 aliphatic heterocycles. The number of amidine groups is 3. The van der Waals surface area contributed by atoms with Gasteiger partial charge in [0.05, 0.1) is 25.3 Å². The molecule has 0 unspecified atom stereocenters. The second-order valence-corrected chi connectivity index (χ2v) is 9.54. The second-order valence-electron chi connectivity index (χ2n) is 9.54. The molecular formula is C29H30N10O2. The van der Waals surface area contributed by atoms with Crippen LogP contribution in [0.4, 0.5) is 32.3 Å². The maximum atomic E-state index is 13.0. The molecule has 4 amide bonds. The molecule has 0 bridgehead atoms. The highest BCUT2D eigenvalue weighted by atomic mass is 16.2. The van der Waals surface area contributed by atoms with E-state index in [4.69, 9.17) is 0 Å². The Morgan fingerprint density at radius 3 is 1.46 bits per heavy atom. The highest BCUT2D eigenvalue weighted by Crippen LogP contribution is 2.23. The number of urea groups is 2. The van der Waals surface area contributed by atoms with E-state index in [2.05, 4.69) is 52.2 Å². The number of amides is 4. The molecule has 0 aliphatic carbocycles. The fraction of sp³-hybridized carbons (Fsp3) is 0.207. The predicted molar refractivity (Wildman–Crippen MR) is 163 cm³/mol. The van der Waals surface area contributed by atoms with Crippen molar-refractivity contribution in [3.05, 3.63) is 83.4 Å². The van der Waals surface area contributed by atoms with Gasteiger partial charge in [0.1, 0.15) is 17.5 Å². The van der Waals surface area contributed by atoms with Crippen LogP contribution in [0.5, 0.6) is 0 Å². The van der Waals surface area contributed by atoms with Crippen molar-refractivity contribution in [2.45, 2.75) is 0 Å². The Balaban J connectivity index is 1.12. The molecule has 0 spiro atoms. The van der Waals surface area contributed by atoms with Gasteiger partial charge in [-0.15, -0.1) is 0 Å². The molecule has 3 aliphatic rings. The summed E-state index contributed by atoms with van der Waals surface area (Å²) in [6, 6.07) is 19.4. The summed E-state index contributed by atoms with van der Waals surface area (Å²) < 4.78 is 0. The van der Waals surface area contributed by atoms with Gasteiger partial charge in [-0.3, -0.25) is 15.0 Å². The summed E-state index contributed by atoms with van der Waals surface area (Å²) in [5, 5.41) is 21.1. The SMILES string of the molecule is O=C(Nc1ccc(C2=NCCN2)cc1)Nc1ccc(C2=NCCN2)c(NC(=O)Nc2ccc(C3=NCCN3)cc2)c1. The number of carbonyl (C=O) groups excluding carboxylic acids is 2. The molecule has 0 fully saturated rings. The minimum atomic E-state index is -0.419. The predicted octanol–water partition coefficient (Wildman–Crippen LogP) is 3.02. The van der Waals surface area contributed by atoms with Crippen molar-refractivity contribution in [1.29, 1.82) is 0 Å². The zero-order valence-corrected chi connectivity index (χ0v) is 22.3. The third kappa shape index (κ3) is 6.27. The Labute approximate surface area is 236 Å². The van der Waals surface area contributed by atoms with Crippen LogP contribution in [-0.4, -0.2) is 68.8 Å². The van der Waals surface area contributed by atoms with Crippen molar-refractivity contribution >= 4 is 52.3 Å². The number of benzene rings is 3. The first kappa shape index (κ1) is 25.9. The molecule has 12 heteroatoms. The van der Waals surface area contributed by atoms with Gasteiger partial charge in [0.15, 0.2) is 0 Å². The van der Waals surface area contributed by atoms with Gasteiger partial charge in [-0.05, 0) is 66.7 Å². The number of rotatable bonds is 7. The first-order chi connectivity index (χ1) is 20.1. The molecule has 3 heterocycles. The Kier molecular flexibility index (Phi) is 7.43. The molecule has 7 N–H and O–H groups in total. The van der Waals surface area contributed by atoms with Gasteiger partial charge in [0.2, 0.25) is 0 Å². The number of carbonyl (C=O) groups is 2. The van der Waals surface area contributed by atoms with Crippen molar-refractivity contribution in [3.63, 3.8) is 0 Å². The first-order valence-corrected chi connectivity index (χ1v) is 13.5. The summed E-state index contributed by atoms with van der Waals surface area (Å²) in [5.41, 5.74) is 4.96. The van der Waals surface area contributed by atoms with E-state index in [-0.39, 0.29) is 0 Å². The van der Waals surface area contributed by atoms with Crippen LogP contribution in [0.25, 0.3) is 0 Å². The monoisotopic (exact) mass is 550 g/mol. The van der Waals surface area contributed by atoms with Gasteiger partial charge >= 0.3 is 12.1 Å². The Bertz CT molecular complexity index is 1540. The van der Waals surface area contributed by atoms with E-state index in [1.807, 2.05) is 54.6 Å². The summed E-state index contributed by atoms with van der Waals surface area (Å²) in [4.78, 5) is 39.0. The second kappa shape index (κ2) is 11.8. The van der Waals surface area contributed by atoms with Gasteiger partial charge in [-0.2, -0.15) is 0 Å². The Morgan fingerprint density at radius 2 is 0.976 bits per heavy atom. The van der Waals surface area contributed by atoms with Crippen LogP contribution in [0.1, 0.15) is 16.7 Å². The molecule has 41 heavy (non-hydrogen) atoms. The van der Waals surface area contributed by atoms with E-state index in [0.717, 1.165) is 61.1 Å². The van der Waals surface area contributed by atoms with Crippen molar-refractivity contribution in [2.75, 3.05) is 60.5 Å². The molecule has 3 aromatic carbocycles. The smallest absolute Gasteiger partial charge is 0.323 e. The number of anilines is 4. The summed E-state index contributed by atoms with van der Waals surface area (Å²) in [7, 11) is 0. The number of aliphatic imine (C=N–C) groups is 3. The summed E-state index contributed by atoms with van der Waals surface area (Å²) in [5.74, 6) is 2.41. The Morgan fingerprint density at radius 1 is 0.537 bits per heavy atom. The van der Waals surface area contributed by atoms with Crippen molar-refractivity contribution in [2.24, 2.45) is 15.0 Å². The van der Waals surface area contributed by atoms with E-state index in [9.17, 15) is 9.59 Å². The minimum Gasteiger partial charge on any atom is -0.368 e. The van der Waals surface area contributed by atoms with E-state index in [0.29, 0.717) is 35.1 Å². The van der Waals surface area contributed by atoms with Crippen LogP contribution in [0.2, 0.25) is 0 Å². The fourth-order valence-electron chi connectivity index (χ4n) is 4.69. The molecule has 3 aromatic rings.